The van der Waals surface area contributed by atoms with Crippen LogP contribution in [-0.4, -0.2) is 53.2 Å². The summed E-state index contributed by atoms with van der Waals surface area (Å²) in [4.78, 5) is 19.8. The van der Waals surface area contributed by atoms with Gasteiger partial charge in [-0.2, -0.15) is 0 Å². The Morgan fingerprint density at radius 1 is 1.50 bits per heavy atom. The van der Waals surface area contributed by atoms with Gasteiger partial charge >= 0.3 is 5.97 Å². The SMILES string of the molecule is CCC(C(=O)O)N1CCCN(c2nccs2)CC1. The molecule has 1 N–H and O–H groups in total. The summed E-state index contributed by atoms with van der Waals surface area (Å²) in [5.41, 5.74) is 0. The van der Waals surface area contributed by atoms with Crippen LogP contribution in [0.3, 0.4) is 0 Å². The summed E-state index contributed by atoms with van der Waals surface area (Å²) in [6.45, 7) is 5.40. The average Bonchev–Trinajstić information content (AvgIpc) is 2.77. The number of rotatable bonds is 4. The lowest BCUT2D eigenvalue weighted by Crippen LogP contribution is -2.42. The zero-order valence-corrected chi connectivity index (χ0v) is 11.4. The van der Waals surface area contributed by atoms with Crippen molar-refractivity contribution in [2.45, 2.75) is 25.8 Å². The Hall–Kier alpha value is -1.14. The van der Waals surface area contributed by atoms with Gasteiger partial charge in [-0.15, -0.1) is 11.3 Å². The van der Waals surface area contributed by atoms with E-state index in [0.29, 0.717) is 6.42 Å². The summed E-state index contributed by atoms with van der Waals surface area (Å²) in [7, 11) is 0. The zero-order valence-electron chi connectivity index (χ0n) is 10.6. The van der Waals surface area contributed by atoms with E-state index in [1.165, 1.54) is 0 Å². The highest BCUT2D eigenvalue weighted by Gasteiger charge is 2.26. The van der Waals surface area contributed by atoms with Gasteiger partial charge in [0.1, 0.15) is 6.04 Å². The monoisotopic (exact) mass is 269 g/mol. The molecule has 1 atom stereocenters. The minimum absolute atomic E-state index is 0.346. The molecule has 0 aromatic carbocycles. The molecular weight excluding hydrogens is 250 g/mol. The maximum atomic E-state index is 11.2. The molecular formula is C12H19N3O2S. The molecule has 1 saturated heterocycles. The predicted molar refractivity (Wildman–Crippen MR) is 72.2 cm³/mol. The summed E-state index contributed by atoms with van der Waals surface area (Å²) in [5, 5.41) is 12.2. The fraction of sp³-hybridized carbons (Fsp3) is 0.667. The van der Waals surface area contributed by atoms with Crippen molar-refractivity contribution in [3.05, 3.63) is 11.6 Å². The third kappa shape index (κ3) is 3.00. The van der Waals surface area contributed by atoms with Crippen LogP contribution in [0.5, 0.6) is 0 Å². The number of carboxylic acids is 1. The number of hydrogen-bond donors (Lipinski definition) is 1. The van der Waals surface area contributed by atoms with E-state index in [9.17, 15) is 9.90 Å². The van der Waals surface area contributed by atoms with Crippen molar-refractivity contribution in [3.63, 3.8) is 0 Å². The molecule has 0 radical (unpaired) electrons. The second kappa shape index (κ2) is 6.15. The molecule has 1 fully saturated rings. The van der Waals surface area contributed by atoms with Gasteiger partial charge in [0.15, 0.2) is 5.13 Å². The van der Waals surface area contributed by atoms with Crippen LogP contribution >= 0.6 is 11.3 Å². The van der Waals surface area contributed by atoms with Crippen LogP contribution < -0.4 is 4.90 Å². The van der Waals surface area contributed by atoms with Crippen molar-refractivity contribution >= 4 is 22.4 Å². The number of nitrogens with zero attached hydrogens (tertiary/aromatic N) is 3. The highest BCUT2D eigenvalue weighted by Crippen LogP contribution is 2.20. The third-order valence-electron chi connectivity index (χ3n) is 3.33. The second-order valence-corrected chi connectivity index (χ2v) is 5.33. The van der Waals surface area contributed by atoms with Crippen LogP contribution in [0.1, 0.15) is 19.8 Å². The lowest BCUT2D eigenvalue weighted by atomic mass is 10.2. The van der Waals surface area contributed by atoms with Gasteiger partial charge in [0.05, 0.1) is 0 Å². The lowest BCUT2D eigenvalue weighted by molar-refractivity contribution is -0.143. The Morgan fingerprint density at radius 2 is 2.33 bits per heavy atom. The molecule has 100 valence electrons. The van der Waals surface area contributed by atoms with Crippen LogP contribution in [0.4, 0.5) is 5.13 Å². The van der Waals surface area contributed by atoms with E-state index in [1.807, 2.05) is 18.5 Å². The predicted octanol–water partition coefficient (Wildman–Crippen LogP) is 1.52. The minimum Gasteiger partial charge on any atom is -0.480 e. The molecule has 5 nitrogen and oxygen atoms in total. The molecule has 0 spiro atoms. The summed E-state index contributed by atoms with van der Waals surface area (Å²) in [6.07, 6.45) is 3.46. The maximum Gasteiger partial charge on any atom is 0.320 e. The van der Waals surface area contributed by atoms with Crippen molar-refractivity contribution in [3.8, 4) is 0 Å². The number of thiazole rings is 1. The van der Waals surface area contributed by atoms with Crippen molar-refractivity contribution in [2.24, 2.45) is 0 Å². The Balaban J connectivity index is 1.98. The number of carboxylic acid groups (broad SMARTS) is 1. The van der Waals surface area contributed by atoms with Gasteiger partial charge in [-0.05, 0) is 12.8 Å². The summed E-state index contributed by atoms with van der Waals surface area (Å²) < 4.78 is 0. The van der Waals surface area contributed by atoms with Crippen molar-refractivity contribution < 1.29 is 9.90 Å². The number of hydrogen-bond acceptors (Lipinski definition) is 5. The zero-order chi connectivity index (χ0) is 13.0. The van der Waals surface area contributed by atoms with E-state index in [0.717, 1.165) is 37.7 Å². The van der Waals surface area contributed by atoms with Gasteiger partial charge in [-0.25, -0.2) is 4.98 Å². The topological polar surface area (TPSA) is 56.7 Å². The smallest absolute Gasteiger partial charge is 0.320 e. The molecule has 2 rings (SSSR count). The van der Waals surface area contributed by atoms with Gasteiger partial charge in [0.25, 0.3) is 0 Å². The quantitative estimate of drug-likeness (QED) is 0.898. The Kier molecular flexibility index (Phi) is 4.54. The first-order valence-electron chi connectivity index (χ1n) is 6.33. The summed E-state index contributed by atoms with van der Waals surface area (Å²) in [6, 6.07) is -0.346. The summed E-state index contributed by atoms with van der Waals surface area (Å²) in [5.74, 6) is -0.708. The van der Waals surface area contributed by atoms with Crippen LogP contribution in [0.25, 0.3) is 0 Å². The van der Waals surface area contributed by atoms with E-state index < -0.39 is 5.97 Å². The molecule has 2 heterocycles. The molecule has 0 saturated carbocycles. The molecule has 0 aliphatic carbocycles. The lowest BCUT2D eigenvalue weighted by Gasteiger charge is -2.26. The highest BCUT2D eigenvalue weighted by atomic mass is 32.1. The van der Waals surface area contributed by atoms with E-state index >= 15 is 0 Å². The molecule has 6 heteroatoms. The normalized spacial score (nSPS) is 19.5. The van der Waals surface area contributed by atoms with Crippen LogP contribution in [0.15, 0.2) is 11.6 Å². The maximum absolute atomic E-state index is 11.2. The highest BCUT2D eigenvalue weighted by molar-refractivity contribution is 7.13. The first kappa shape index (κ1) is 13.3. The van der Waals surface area contributed by atoms with Crippen molar-refractivity contribution in [2.75, 3.05) is 31.1 Å². The Bertz CT molecular complexity index is 383. The molecule has 1 unspecified atom stereocenters. The van der Waals surface area contributed by atoms with Gasteiger partial charge in [-0.3, -0.25) is 9.69 Å². The van der Waals surface area contributed by atoms with E-state index in [4.69, 9.17) is 0 Å². The molecule has 18 heavy (non-hydrogen) atoms. The van der Waals surface area contributed by atoms with Crippen LogP contribution in [0.2, 0.25) is 0 Å². The fourth-order valence-electron chi connectivity index (χ4n) is 2.40. The van der Waals surface area contributed by atoms with E-state index in [-0.39, 0.29) is 6.04 Å². The average molecular weight is 269 g/mol. The van der Waals surface area contributed by atoms with Gasteiger partial charge in [0, 0.05) is 37.8 Å². The Morgan fingerprint density at radius 3 is 2.94 bits per heavy atom. The van der Waals surface area contributed by atoms with Gasteiger partial charge in [-0.1, -0.05) is 6.92 Å². The molecule has 1 aromatic heterocycles. The molecule has 0 amide bonds. The fourth-order valence-corrected chi connectivity index (χ4v) is 3.10. The number of carbonyl (C=O) groups is 1. The van der Waals surface area contributed by atoms with E-state index in [2.05, 4.69) is 14.8 Å². The van der Waals surface area contributed by atoms with Crippen molar-refractivity contribution in [1.82, 2.24) is 9.88 Å². The standard InChI is InChI=1S/C12H19N3O2S/c1-2-10(11(16)17)14-5-3-6-15(8-7-14)12-13-4-9-18-12/h4,9-10H,2-3,5-8H2,1H3,(H,16,17). The second-order valence-electron chi connectivity index (χ2n) is 4.45. The summed E-state index contributed by atoms with van der Waals surface area (Å²) >= 11 is 1.64. The first-order chi connectivity index (χ1) is 8.72. The number of anilines is 1. The van der Waals surface area contributed by atoms with Crippen molar-refractivity contribution in [1.29, 1.82) is 0 Å². The largest absolute Gasteiger partial charge is 0.480 e. The van der Waals surface area contributed by atoms with E-state index in [1.54, 1.807) is 11.3 Å². The van der Waals surface area contributed by atoms with Crippen LogP contribution in [0, 0.1) is 0 Å². The number of aromatic nitrogens is 1. The molecule has 0 bridgehead atoms. The van der Waals surface area contributed by atoms with Gasteiger partial charge in [0.2, 0.25) is 0 Å². The third-order valence-corrected chi connectivity index (χ3v) is 4.17. The first-order valence-corrected chi connectivity index (χ1v) is 7.21. The minimum atomic E-state index is -0.708. The molecule has 1 aromatic rings. The van der Waals surface area contributed by atoms with Gasteiger partial charge < -0.3 is 10.0 Å². The Labute approximate surface area is 111 Å². The molecule has 1 aliphatic rings. The molecule has 1 aliphatic heterocycles. The number of aliphatic carboxylic acids is 1. The van der Waals surface area contributed by atoms with Crippen LogP contribution in [-0.2, 0) is 4.79 Å².